The van der Waals surface area contributed by atoms with Gasteiger partial charge in [-0.3, -0.25) is 37.4 Å². The number of hydrogen-bond donors (Lipinski definition) is 5. The van der Waals surface area contributed by atoms with Crippen LogP contribution in [0.15, 0.2) is 0 Å². The Morgan fingerprint density at radius 1 is 1.06 bits per heavy atom. The molecule has 0 aromatic rings. The fraction of sp³-hybridized carbons (Fsp3) is 0.778. The monoisotopic (exact) mass is 247 g/mol. The van der Waals surface area contributed by atoms with Crippen LogP contribution >= 0.6 is 0 Å². The lowest BCUT2D eigenvalue weighted by Gasteiger charge is -2.43. The number of hydrogen-bond acceptors (Lipinski definition) is 6. The van der Waals surface area contributed by atoms with Crippen LogP contribution in [0.25, 0.3) is 0 Å². The summed E-state index contributed by atoms with van der Waals surface area (Å²) >= 11 is 0. The largest absolute Gasteiger partial charge is 0.481 e. The lowest BCUT2D eigenvalue weighted by Crippen LogP contribution is -2.75. The van der Waals surface area contributed by atoms with Crippen molar-refractivity contribution in [3.63, 3.8) is 0 Å². The third kappa shape index (κ3) is 5.59. The number of nitrogens with two attached hydrogens (primary N) is 4. The van der Waals surface area contributed by atoms with Gasteiger partial charge < -0.3 is 5.11 Å². The number of nitrogens with zero attached hydrogens (tertiary/aromatic N) is 1. The van der Waals surface area contributed by atoms with Crippen LogP contribution in [0.2, 0.25) is 0 Å². The van der Waals surface area contributed by atoms with Crippen LogP contribution < -0.4 is 22.9 Å². The molecule has 0 atom stereocenters. The maximum Gasteiger partial charge on any atom is 0.303 e. The molecule has 0 heterocycles. The fourth-order valence-corrected chi connectivity index (χ4v) is 1.56. The second-order valence-electron chi connectivity index (χ2n) is 4.43. The van der Waals surface area contributed by atoms with Gasteiger partial charge >= 0.3 is 5.97 Å². The summed E-state index contributed by atoms with van der Waals surface area (Å²) in [4.78, 5) is 23.1. The predicted octanol–water partition coefficient (Wildman–Crippen LogP) is -1.75. The molecule has 8 nitrogen and oxygen atoms in total. The third-order valence-electron chi connectivity index (χ3n) is 1.99. The Morgan fingerprint density at radius 2 is 1.47 bits per heavy atom. The van der Waals surface area contributed by atoms with Crippen molar-refractivity contribution >= 4 is 11.9 Å². The number of aliphatic carboxylic acids is 1. The van der Waals surface area contributed by atoms with Gasteiger partial charge in [-0.1, -0.05) is 0 Å². The van der Waals surface area contributed by atoms with E-state index in [1.54, 1.807) is 0 Å². The number of rotatable bonds is 6. The quantitative estimate of drug-likeness (QED) is 0.347. The topological polar surface area (TPSA) is 162 Å². The van der Waals surface area contributed by atoms with Gasteiger partial charge in [0.15, 0.2) is 0 Å². The second kappa shape index (κ2) is 5.41. The zero-order valence-corrected chi connectivity index (χ0v) is 10.1. The first-order valence-electron chi connectivity index (χ1n) is 5.16. The Kier molecular flexibility index (Phi) is 5.02. The Labute approximate surface area is 99.9 Å². The summed E-state index contributed by atoms with van der Waals surface area (Å²) in [5.41, 5.74) is 22.4. The lowest BCUT2D eigenvalue weighted by molar-refractivity contribution is -0.145. The summed E-state index contributed by atoms with van der Waals surface area (Å²) in [7, 11) is 0. The van der Waals surface area contributed by atoms with Gasteiger partial charge in [-0.15, -0.1) is 0 Å². The van der Waals surface area contributed by atoms with Crippen LogP contribution in [0.4, 0.5) is 0 Å². The van der Waals surface area contributed by atoms with Crippen molar-refractivity contribution < 1.29 is 14.7 Å². The summed E-state index contributed by atoms with van der Waals surface area (Å²) in [5, 5.41) is 8.46. The van der Waals surface area contributed by atoms with Crippen molar-refractivity contribution in [1.29, 1.82) is 0 Å². The molecule has 0 aromatic carbocycles. The average molecular weight is 247 g/mol. The molecular formula is C9H21N5O3. The van der Waals surface area contributed by atoms with E-state index in [0.29, 0.717) is 0 Å². The molecule has 0 aliphatic rings. The van der Waals surface area contributed by atoms with Crippen molar-refractivity contribution in [2.45, 2.75) is 44.7 Å². The van der Waals surface area contributed by atoms with Crippen molar-refractivity contribution in [2.75, 3.05) is 0 Å². The van der Waals surface area contributed by atoms with Crippen LogP contribution in [-0.2, 0) is 9.59 Å². The molecule has 0 saturated carbocycles. The van der Waals surface area contributed by atoms with Crippen LogP contribution in [0, 0.1) is 0 Å². The average Bonchev–Trinajstić information content (AvgIpc) is 1.96. The van der Waals surface area contributed by atoms with E-state index >= 15 is 0 Å². The van der Waals surface area contributed by atoms with Crippen molar-refractivity contribution in [3.8, 4) is 0 Å². The molecule has 17 heavy (non-hydrogen) atoms. The van der Waals surface area contributed by atoms with Crippen molar-refractivity contribution in [2.24, 2.45) is 22.9 Å². The molecule has 9 N–H and O–H groups in total. The highest BCUT2D eigenvalue weighted by molar-refractivity contribution is 5.78. The van der Waals surface area contributed by atoms with Crippen LogP contribution in [0.1, 0.15) is 33.1 Å². The number of carboxylic acids is 1. The first kappa shape index (κ1) is 15.8. The normalized spacial score (nSPS) is 12.4. The van der Waals surface area contributed by atoms with E-state index in [4.69, 9.17) is 28.0 Å². The van der Waals surface area contributed by atoms with Crippen LogP contribution in [-0.4, -0.2) is 33.5 Å². The van der Waals surface area contributed by atoms with Gasteiger partial charge in [0, 0.05) is 12.8 Å². The summed E-state index contributed by atoms with van der Waals surface area (Å²) in [6, 6.07) is 0. The number of carbonyl (C=O) groups is 2. The molecule has 0 spiro atoms. The van der Waals surface area contributed by atoms with Crippen molar-refractivity contribution in [3.05, 3.63) is 0 Å². The lowest BCUT2D eigenvalue weighted by atomic mass is 10.1. The Bertz CT molecular complexity index is 278. The highest BCUT2D eigenvalue weighted by Gasteiger charge is 2.37. The molecule has 0 radical (unpaired) electrons. The van der Waals surface area contributed by atoms with Gasteiger partial charge in [0.2, 0.25) is 5.91 Å². The smallest absolute Gasteiger partial charge is 0.303 e. The van der Waals surface area contributed by atoms with Crippen molar-refractivity contribution in [1.82, 2.24) is 4.90 Å². The highest BCUT2D eigenvalue weighted by Crippen LogP contribution is 2.13. The molecule has 0 rings (SSSR count). The maximum absolute atomic E-state index is 11.8. The minimum Gasteiger partial charge on any atom is -0.481 e. The van der Waals surface area contributed by atoms with Gasteiger partial charge in [-0.05, 0) is 20.3 Å². The summed E-state index contributed by atoms with van der Waals surface area (Å²) in [6.45, 7) is 2.78. The van der Waals surface area contributed by atoms with E-state index in [1.165, 1.54) is 13.8 Å². The molecule has 0 fully saturated rings. The number of amides is 1. The van der Waals surface area contributed by atoms with Gasteiger partial charge in [0.05, 0.1) is 0 Å². The van der Waals surface area contributed by atoms with E-state index in [9.17, 15) is 9.59 Å². The molecule has 1 amide bonds. The van der Waals surface area contributed by atoms with E-state index in [2.05, 4.69) is 0 Å². The van der Waals surface area contributed by atoms with Gasteiger partial charge in [0.25, 0.3) is 0 Å². The summed E-state index contributed by atoms with van der Waals surface area (Å²) in [6.07, 6.45) is 0.0361. The molecule has 0 aromatic heterocycles. The Balaban J connectivity index is 4.63. The second-order valence-corrected chi connectivity index (χ2v) is 4.43. The van der Waals surface area contributed by atoms with Gasteiger partial charge in [-0.25, -0.2) is 0 Å². The zero-order valence-electron chi connectivity index (χ0n) is 10.1. The first-order chi connectivity index (χ1) is 7.46. The van der Waals surface area contributed by atoms with Crippen LogP contribution in [0.3, 0.4) is 0 Å². The third-order valence-corrected chi connectivity index (χ3v) is 1.99. The molecular weight excluding hydrogens is 226 g/mol. The molecule has 0 saturated heterocycles. The fourth-order valence-electron chi connectivity index (χ4n) is 1.56. The first-order valence-corrected chi connectivity index (χ1v) is 5.16. The van der Waals surface area contributed by atoms with E-state index in [1.807, 2.05) is 0 Å². The predicted molar refractivity (Wildman–Crippen MR) is 61.9 cm³/mol. The number of carbonyl (C=O) groups excluding carboxylic acids is 1. The molecule has 8 heteroatoms. The maximum atomic E-state index is 11.8. The van der Waals surface area contributed by atoms with Crippen LogP contribution in [0.5, 0.6) is 0 Å². The van der Waals surface area contributed by atoms with Gasteiger partial charge in [-0.2, -0.15) is 0 Å². The van der Waals surface area contributed by atoms with E-state index in [0.717, 1.165) is 4.90 Å². The SMILES string of the molecule is CC(N)(N)N(C(=O)CCCC(=O)O)C(C)(N)N. The number of carboxylic acid groups (broad SMARTS) is 1. The Morgan fingerprint density at radius 3 is 1.76 bits per heavy atom. The molecule has 0 unspecified atom stereocenters. The zero-order chi connectivity index (χ0) is 13.9. The van der Waals surface area contributed by atoms with E-state index in [-0.39, 0.29) is 19.3 Å². The molecule has 0 aliphatic carbocycles. The Hall–Kier alpha value is -1.22. The minimum absolute atomic E-state index is 0.0275. The van der Waals surface area contributed by atoms with Gasteiger partial charge in [0.1, 0.15) is 11.6 Å². The summed E-state index contributed by atoms with van der Waals surface area (Å²) in [5.74, 6) is -4.46. The molecule has 0 bridgehead atoms. The van der Waals surface area contributed by atoms with E-state index < -0.39 is 23.5 Å². The summed E-state index contributed by atoms with van der Waals surface area (Å²) < 4.78 is 0. The standard InChI is InChI=1S/C9H21N5O3/c1-8(10,11)14(9(2,12)13)6(15)4-3-5-7(16)17/h3-5,10-13H2,1-2H3,(H,16,17). The molecule has 100 valence electrons. The minimum atomic E-state index is -1.50. The highest BCUT2D eigenvalue weighted by atomic mass is 16.4. The molecule has 0 aliphatic heterocycles.